The first-order valence-electron chi connectivity index (χ1n) is 8.55. The SMILES string of the molecule is CCn1ncc2c1CCCC2NC(C)c1nc(C(C)(C)C)no1. The van der Waals surface area contributed by atoms with E-state index < -0.39 is 0 Å². The number of fused-ring (bicyclic) bond motifs is 1. The van der Waals surface area contributed by atoms with Gasteiger partial charge in [-0.15, -0.1) is 0 Å². The molecule has 6 nitrogen and oxygen atoms in total. The fourth-order valence-corrected chi connectivity index (χ4v) is 3.15. The van der Waals surface area contributed by atoms with Crippen molar-refractivity contribution in [1.29, 1.82) is 0 Å². The summed E-state index contributed by atoms with van der Waals surface area (Å²) in [5, 5.41) is 12.3. The zero-order valence-electron chi connectivity index (χ0n) is 14.8. The molecule has 2 aromatic heterocycles. The molecule has 0 saturated carbocycles. The highest BCUT2D eigenvalue weighted by molar-refractivity contribution is 5.25. The molecule has 6 heteroatoms. The molecule has 0 aliphatic heterocycles. The van der Waals surface area contributed by atoms with Gasteiger partial charge in [0, 0.05) is 29.3 Å². The van der Waals surface area contributed by atoms with Crippen LogP contribution in [0.3, 0.4) is 0 Å². The molecule has 2 aromatic rings. The van der Waals surface area contributed by atoms with Gasteiger partial charge in [0.15, 0.2) is 5.82 Å². The molecule has 0 fully saturated rings. The average molecular weight is 317 g/mol. The third kappa shape index (κ3) is 3.17. The van der Waals surface area contributed by atoms with Crippen LogP contribution < -0.4 is 5.32 Å². The molecular weight excluding hydrogens is 290 g/mol. The van der Waals surface area contributed by atoms with E-state index in [-0.39, 0.29) is 11.5 Å². The monoisotopic (exact) mass is 317 g/mol. The first-order chi connectivity index (χ1) is 10.9. The van der Waals surface area contributed by atoms with E-state index in [1.165, 1.54) is 17.7 Å². The van der Waals surface area contributed by atoms with Crippen molar-refractivity contribution in [3.05, 3.63) is 29.2 Å². The molecule has 0 saturated heterocycles. The van der Waals surface area contributed by atoms with E-state index in [2.05, 4.69) is 59.9 Å². The van der Waals surface area contributed by atoms with Crippen LogP contribution in [0.2, 0.25) is 0 Å². The summed E-state index contributed by atoms with van der Waals surface area (Å²) in [5.74, 6) is 1.41. The van der Waals surface area contributed by atoms with Crippen LogP contribution in [-0.4, -0.2) is 19.9 Å². The molecule has 0 radical (unpaired) electrons. The van der Waals surface area contributed by atoms with E-state index in [0.29, 0.717) is 11.9 Å². The maximum Gasteiger partial charge on any atom is 0.243 e. The molecule has 1 N–H and O–H groups in total. The lowest BCUT2D eigenvalue weighted by molar-refractivity contribution is 0.309. The lowest BCUT2D eigenvalue weighted by Gasteiger charge is -2.26. The van der Waals surface area contributed by atoms with Crippen molar-refractivity contribution < 1.29 is 4.52 Å². The molecule has 2 atom stereocenters. The fourth-order valence-electron chi connectivity index (χ4n) is 3.15. The Labute approximate surface area is 137 Å². The van der Waals surface area contributed by atoms with Crippen LogP contribution >= 0.6 is 0 Å². The van der Waals surface area contributed by atoms with Crippen molar-refractivity contribution in [1.82, 2.24) is 25.2 Å². The summed E-state index contributed by atoms with van der Waals surface area (Å²) in [6.45, 7) is 11.4. The Balaban J connectivity index is 1.75. The topological polar surface area (TPSA) is 68.8 Å². The van der Waals surface area contributed by atoms with Crippen LogP contribution in [0.1, 0.15) is 82.5 Å². The molecule has 0 aromatic carbocycles. The molecule has 0 bridgehead atoms. The van der Waals surface area contributed by atoms with Gasteiger partial charge >= 0.3 is 0 Å². The molecule has 3 rings (SSSR count). The van der Waals surface area contributed by atoms with Gasteiger partial charge in [-0.1, -0.05) is 25.9 Å². The second-order valence-electron chi connectivity index (χ2n) is 7.40. The predicted molar refractivity (Wildman–Crippen MR) is 88.1 cm³/mol. The highest BCUT2D eigenvalue weighted by atomic mass is 16.5. The largest absolute Gasteiger partial charge is 0.338 e. The van der Waals surface area contributed by atoms with Crippen LogP contribution in [0.25, 0.3) is 0 Å². The van der Waals surface area contributed by atoms with Crippen molar-refractivity contribution in [2.24, 2.45) is 0 Å². The van der Waals surface area contributed by atoms with Crippen molar-refractivity contribution in [2.45, 2.75) is 77.9 Å². The van der Waals surface area contributed by atoms with E-state index in [4.69, 9.17) is 4.52 Å². The summed E-state index contributed by atoms with van der Waals surface area (Å²) in [6, 6.07) is 0.332. The molecule has 1 aliphatic rings. The van der Waals surface area contributed by atoms with E-state index in [0.717, 1.165) is 25.2 Å². The third-order valence-corrected chi connectivity index (χ3v) is 4.50. The van der Waals surface area contributed by atoms with Crippen molar-refractivity contribution in [3.8, 4) is 0 Å². The van der Waals surface area contributed by atoms with Crippen LogP contribution in [0.5, 0.6) is 0 Å². The zero-order valence-corrected chi connectivity index (χ0v) is 14.8. The van der Waals surface area contributed by atoms with Crippen molar-refractivity contribution >= 4 is 0 Å². The van der Waals surface area contributed by atoms with Gasteiger partial charge in [0.25, 0.3) is 0 Å². The standard InChI is InChI=1S/C17H27N5O/c1-6-22-14-9-7-8-13(12(14)10-18-22)19-11(2)15-20-16(21-23-15)17(3,4)5/h10-11,13,19H,6-9H2,1-5H3. The van der Waals surface area contributed by atoms with E-state index in [1.807, 2.05) is 6.20 Å². The van der Waals surface area contributed by atoms with Gasteiger partial charge in [-0.2, -0.15) is 10.1 Å². The minimum Gasteiger partial charge on any atom is -0.338 e. The van der Waals surface area contributed by atoms with E-state index >= 15 is 0 Å². The number of nitrogens with one attached hydrogen (secondary N) is 1. The Bertz CT molecular complexity index is 667. The Morgan fingerprint density at radius 1 is 1.43 bits per heavy atom. The molecule has 126 valence electrons. The Morgan fingerprint density at radius 2 is 2.22 bits per heavy atom. The average Bonchev–Trinajstić information content (AvgIpc) is 3.14. The first kappa shape index (κ1) is 16.2. The quantitative estimate of drug-likeness (QED) is 0.937. The van der Waals surface area contributed by atoms with Gasteiger partial charge in [-0.3, -0.25) is 10.00 Å². The number of rotatable bonds is 4. The van der Waals surface area contributed by atoms with Crippen LogP contribution in [0.15, 0.2) is 10.7 Å². The lowest BCUT2D eigenvalue weighted by Crippen LogP contribution is -2.28. The summed E-state index contributed by atoms with van der Waals surface area (Å²) in [6.07, 6.45) is 5.43. The number of hydrogen-bond donors (Lipinski definition) is 1. The summed E-state index contributed by atoms with van der Waals surface area (Å²) >= 11 is 0. The van der Waals surface area contributed by atoms with Gasteiger partial charge in [-0.05, 0) is 33.1 Å². The normalized spacial score (nSPS) is 19.6. The number of hydrogen-bond acceptors (Lipinski definition) is 5. The van der Waals surface area contributed by atoms with Crippen molar-refractivity contribution in [2.75, 3.05) is 0 Å². The molecular formula is C17H27N5O. The second-order valence-corrected chi connectivity index (χ2v) is 7.40. The van der Waals surface area contributed by atoms with E-state index in [1.54, 1.807) is 0 Å². The smallest absolute Gasteiger partial charge is 0.243 e. The minimum atomic E-state index is -0.0955. The Hall–Kier alpha value is -1.69. The zero-order chi connectivity index (χ0) is 16.6. The van der Waals surface area contributed by atoms with Crippen molar-refractivity contribution in [3.63, 3.8) is 0 Å². The predicted octanol–water partition coefficient (Wildman–Crippen LogP) is 3.31. The van der Waals surface area contributed by atoms with Crippen LogP contribution in [0.4, 0.5) is 0 Å². The van der Waals surface area contributed by atoms with E-state index in [9.17, 15) is 0 Å². The molecule has 1 aliphatic carbocycles. The third-order valence-electron chi connectivity index (χ3n) is 4.50. The summed E-state index contributed by atoms with van der Waals surface area (Å²) in [5.41, 5.74) is 2.59. The Kier molecular flexibility index (Phi) is 4.27. The number of nitrogens with zero attached hydrogens (tertiary/aromatic N) is 4. The fraction of sp³-hybridized carbons (Fsp3) is 0.706. The highest BCUT2D eigenvalue weighted by Gasteiger charge is 2.28. The first-order valence-corrected chi connectivity index (χ1v) is 8.55. The van der Waals surface area contributed by atoms with Gasteiger partial charge in [-0.25, -0.2) is 0 Å². The Morgan fingerprint density at radius 3 is 2.87 bits per heavy atom. The van der Waals surface area contributed by atoms with Gasteiger partial charge < -0.3 is 4.52 Å². The minimum absolute atomic E-state index is 0.0273. The summed E-state index contributed by atoms with van der Waals surface area (Å²) < 4.78 is 7.57. The summed E-state index contributed by atoms with van der Waals surface area (Å²) in [7, 11) is 0. The molecule has 2 unspecified atom stereocenters. The van der Waals surface area contributed by atoms with Gasteiger partial charge in [0.2, 0.25) is 5.89 Å². The van der Waals surface area contributed by atoms with Crippen LogP contribution in [-0.2, 0) is 18.4 Å². The number of aryl methyl sites for hydroxylation is 1. The molecule has 0 spiro atoms. The van der Waals surface area contributed by atoms with Gasteiger partial charge in [0.05, 0.1) is 12.2 Å². The lowest BCUT2D eigenvalue weighted by atomic mass is 9.92. The maximum atomic E-state index is 5.46. The molecule has 23 heavy (non-hydrogen) atoms. The highest BCUT2D eigenvalue weighted by Crippen LogP contribution is 2.31. The summed E-state index contributed by atoms with van der Waals surface area (Å²) in [4.78, 5) is 4.56. The maximum absolute atomic E-state index is 5.46. The molecule has 0 amide bonds. The molecule has 2 heterocycles. The van der Waals surface area contributed by atoms with Gasteiger partial charge in [0.1, 0.15) is 0 Å². The number of aromatic nitrogens is 4. The van der Waals surface area contributed by atoms with Crippen LogP contribution in [0, 0.1) is 0 Å². The second kappa shape index (κ2) is 6.07.